The number of piperidine rings is 1. The second-order valence-electron chi connectivity index (χ2n) is 9.87. The minimum atomic E-state index is -0.267. The normalized spacial score (nSPS) is 28.4. The number of hydrogen-bond acceptors (Lipinski definition) is 5. The van der Waals surface area contributed by atoms with Crippen molar-refractivity contribution in [1.29, 1.82) is 5.26 Å². The van der Waals surface area contributed by atoms with E-state index in [0.717, 1.165) is 63.1 Å². The van der Waals surface area contributed by atoms with E-state index in [1.165, 1.54) is 6.42 Å². The first-order chi connectivity index (χ1) is 15.1. The molecule has 6 heteroatoms. The van der Waals surface area contributed by atoms with Gasteiger partial charge >= 0.3 is 0 Å². The van der Waals surface area contributed by atoms with Crippen molar-refractivity contribution >= 4 is 17.4 Å². The highest BCUT2D eigenvalue weighted by molar-refractivity contribution is 5.85. The number of carbonyl (C=O) groups is 2. The van der Waals surface area contributed by atoms with Gasteiger partial charge in [-0.05, 0) is 62.1 Å². The van der Waals surface area contributed by atoms with Crippen LogP contribution in [0.15, 0.2) is 24.3 Å². The number of carbonyl (C=O) groups excluding carboxylic acids is 2. The number of anilines is 1. The lowest BCUT2D eigenvalue weighted by Crippen LogP contribution is -2.49. The van der Waals surface area contributed by atoms with Crippen molar-refractivity contribution in [2.45, 2.75) is 57.0 Å². The van der Waals surface area contributed by atoms with Crippen molar-refractivity contribution in [3.63, 3.8) is 0 Å². The van der Waals surface area contributed by atoms with Crippen LogP contribution < -0.4 is 10.2 Å². The summed E-state index contributed by atoms with van der Waals surface area (Å²) in [7, 11) is 0. The molecule has 0 radical (unpaired) electrons. The van der Waals surface area contributed by atoms with Crippen molar-refractivity contribution in [2.24, 2.45) is 17.8 Å². The summed E-state index contributed by atoms with van der Waals surface area (Å²) in [6, 6.07) is 11.2. The molecule has 4 aliphatic rings. The first kappa shape index (κ1) is 20.5. The SMILES string of the molecule is N#C[C@@H](CC(=O)[C@H]1N[C@@H]2CC[C@H]1C2)Cc1ccc(N2CCN(C(=O)C3CC3)CC2)cc1. The predicted molar refractivity (Wildman–Crippen MR) is 118 cm³/mol. The van der Waals surface area contributed by atoms with Crippen LogP contribution in [-0.2, 0) is 16.0 Å². The van der Waals surface area contributed by atoms with E-state index in [9.17, 15) is 14.9 Å². The molecule has 2 bridgehead atoms. The lowest BCUT2D eigenvalue weighted by Gasteiger charge is -2.36. The molecule has 164 valence electrons. The van der Waals surface area contributed by atoms with Crippen LogP contribution in [0, 0.1) is 29.1 Å². The van der Waals surface area contributed by atoms with Crippen molar-refractivity contribution in [3.8, 4) is 6.07 Å². The van der Waals surface area contributed by atoms with Gasteiger partial charge in [0.1, 0.15) is 0 Å². The monoisotopic (exact) mass is 420 g/mol. The number of nitrogens with zero attached hydrogens (tertiary/aromatic N) is 3. The Kier molecular flexibility index (Phi) is 5.71. The Bertz CT molecular complexity index is 865. The Labute approximate surface area is 184 Å². The third-order valence-corrected chi connectivity index (χ3v) is 7.64. The van der Waals surface area contributed by atoms with Crippen LogP contribution in [0.3, 0.4) is 0 Å². The Morgan fingerprint density at radius 1 is 1.06 bits per heavy atom. The van der Waals surface area contributed by atoms with Gasteiger partial charge in [-0.1, -0.05) is 12.1 Å². The zero-order chi connectivity index (χ0) is 21.4. The van der Waals surface area contributed by atoms with Gasteiger partial charge in [-0.15, -0.1) is 0 Å². The van der Waals surface area contributed by atoms with E-state index in [4.69, 9.17) is 0 Å². The molecule has 1 aromatic carbocycles. The van der Waals surface area contributed by atoms with Gasteiger partial charge in [-0.25, -0.2) is 0 Å². The van der Waals surface area contributed by atoms with Gasteiger partial charge in [-0.3, -0.25) is 9.59 Å². The third kappa shape index (κ3) is 4.48. The summed E-state index contributed by atoms with van der Waals surface area (Å²) in [5, 5.41) is 13.1. The molecule has 0 unspecified atom stereocenters. The minimum Gasteiger partial charge on any atom is -0.368 e. The van der Waals surface area contributed by atoms with E-state index >= 15 is 0 Å². The number of amides is 1. The fourth-order valence-corrected chi connectivity index (χ4v) is 5.65. The van der Waals surface area contributed by atoms with E-state index in [0.29, 0.717) is 36.6 Å². The first-order valence-electron chi connectivity index (χ1n) is 11.9. The number of Topliss-reactive ketones (excluding diaryl/α,β-unsaturated/α-hetero) is 1. The van der Waals surface area contributed by atoms with Crippen LogP contribution in [-0.4, -0.2) is 54.9 Å². The number of piperazine rings is 1. The Hall–Kier alpha value is -2.39. The number of hydrogen-bond donors (Lipinski definition) is 1. The van der Waals surface area contributed by atoms with E-state index in [1.54, 1.807) is 0 Å². The zero-order valence-electron chi connectivity index (χ0n) is 18.1. The van der Waals surface area contributed by atoms with Crippen LogP contribution in [0.5, 0.6) is 0 Å². The lowest BCUT2D eigenvalue weighted by atomic mass is 9.88. The standard InChI is InChI=1S/C25H32N4O2/c26-16-18(14-23(30)24-20-5-6-21(15-20)27-24)13-17-1-7-22(8-2-17)28-9-11-29(12-10-28)25(31)19-3-4-19/h1-2,7-8,18-21,24,27H,3-6,9-15H2/t18-,20+,21-,24+/m1/s1. The van der Waals surface area contributed by atoms with E-state index in [1.807, 2.05) is 4.90 Å². The highest BCUT2D eigenvalue weighted by Gasteiger charge is 2.42. The summed E-state index contributed by atoms with van der Waals surface area (Å²) in [6.45, 7) is 3.33. The van der Waals surface area contributed by atoms with Crippen molar-refractivity contribution in [1.82, 2.24) is 10.2 Å². The molecule has 1 N–H and O–H groups in total. The fraction of sp³-hybridized carbons (Fsp3) is 0.640. The van der Waals surface area contributed by atoms with Crippen molar-refractivity contribution in [2.75, 3.05) is 31.1 Å². The van der Waals surface area contributed by atoms with Gasteiger partial charge in [0.15, 0.2) is 5.78 Å². The maximum atomic E-state index is 12.7. The molecule has 0 spiro atoms. The molecule has 2 saturated heterocycles. The van der Waals surface area contributed by atoms with E-state index < -0.39 is 0 Å². The highest BCUT2D eigenvalue weighted by atomic mass is 16.2. The molecule has 4 fully saturated rings. The van der Waals surface area contributed by atoms with Gasteiger partial charge in [0.05, 0.1) is 18.0 Å². The summed E-state index contributed by atoms with van der Waals surface area (Å²) in [5.74, 6) is 1.07. The molecule has 0 aromatic heterocycles. The van der Waals surface area contributed by atoms with Crippen molar-refractivity contribution < 1.29 is 9.59 Å². The van der Waals surface area contributed by atoms with Crippen LogP contribution >= 0.6 is 0 Å². The van der Waals surface area contributed by atoms with Crippen LogP contribution in [0.1, 0.15) is 44.1 Å². The van der Waals surface area contributed by atoms with Crippen molar-refractivity contribution in [3.05, 3.63) is 29.8 Å². The Balaban J connectivity index is 1.12. The van der Waals surface area contributed by atoms with Gasteiger partial charge < -0.3 is 15.1 Å². The summed E-state index contributed by atoms with van der Waals surface area (Å²) in [6.07, 6.45) is 6.55. The average Bonchev–Trinajstić information content (AvgIpc) is 3.44. The summed E-state index contributed by atoms with van der Waals surface area (Å²) < 4.78 is 0. The quantitative estimate of drug-likeness (QED) is 0.734. The molecule has 2 aliphatic heterocycles. The largest absolute Gasteiger partial charge is 0.368 e. The van der Waals surface area contributed by atoms with Crippen LogP contribution in [0.25, 0.3) is 0 Å². The second kappa shape index (κ2) is 8.63. The summed E-state index contributed by atoms with van der Waals surface area (Å²) in [4.78, 5) is 29.3. The van der Waals surface area contributed by atoms with E-state index in [2.05, 4.69) is 40.6 Å². The number of ketones is 1. The number of benzene rings is 1. The molecule has 5 rings (SSSR count). The Morgan fingerprint density at radius 2 is 1.81 bits per heavy atom. The predicted octanol–water partition coefficient (Wildman–Crippen LogP) is 2.53. The molecule has 1 amide bonds. The molecular formula is C25H32N4O2. The van der Waals surface area contributed by atoms with Gasteiger partial charge in [0.2, 0.25) is 5.91 Å². The highest BCUT2D eigenvalue weighted by Crippen LogP contribution is 2.36. The topological polar surface area (TPSA) is 76.4 Å². The van der Waals surface area contributed by atoms with Gasteiger partial charge in [-0.2, -0.15) is 5.26 Å². The van der Waals surface area contributed by atoms with Crippen LogP contribution in [0.4, 0.5) is 5.69 Å². The van der Waals surface area contributed by atoms with Gasteiger partial charge in [0, 0.05) is 50.2 Å². The molecule has 2 heterocycles. The fourth-order valence-electron chi connectivity index (χ4n) is 5.65. The molecule has 4 atom stereocenters. The smallest absolute Gasteiger partial charge is 0.225 e. The lowest BCUT2D eigenvalue weighted by molar-refractivity contribution is -0.132. The minimum absolute atomic E-state index is 0.0255. The number of rotatable bonds is 7. The molecular weight excluding hydrogens is 388 g/mol. The summed E-state index contributed by atoms with van der Waals surface area (Å²) >= 11 is 0. The molecule has 2 saturated carbocycles. The Morgan fingerprint density at radius 3 is 2.39 bits per heavy atom. The third-order valence-electron chi connectivity index (χ3n) is 7.64. The maximum absolute atomic E-state index is 12.7. The number of nitrogens with one attached hydrogen (secondary N) is 1. The molecule has 1 aromatic rings. The second-order valence-corrected chi connectivity index (χ2v) is 9.87. The zero-order valence-corrected chi connectivity index (χ0v) is 18.1. The molecule has 2 aliphatic carbocycles. The molecule has 6 nitrogen and oxygen atoms in total. The average molecular weight is 421 g/mol. The van der Waals surface area contributed by atoms with Gasteiger partial charge in [0.25, 0.3) is 0 Å². The first-order valence-corrected chi connectivity index (χ1v) is 11.9. The molecule has 31 heavy (non-hydrogen) atoms. The maximum Gasteiger partial charge on any atom is 0.225 e. The number of nitriles is 1. The number of fused-ring (bicyclic) bond motifs is 2. The van der Waals surface area contributed by atoms with Crippen LogP contribution in [0.2, 0.25) is 0 Å². The van der Waals surface area contributed by atoms with E-state index in [-0.39, 0.29) is 17.7 Å². The summed E-state index contributed by atoms with van der Waals surface area (Å²) in [5.41, 5.74) is 2.27.